The van der Waals surface area contributed by atoms with E-state index in [4.69, 9.17) is 18.6 Å². The third-order valence-electron chi connectivity index (χ3n) is 3.95. The Bertz CT molecular complexity index is 969. The van der Waals surface area contributed by atoms with Gasteiger partial charge in [-0.25, -0.2) is 4.79 Å². The van der Waals surface area contributed by atoms with E-state index in [1.54, 1.807) is 49.4 Å². The smallest absolute Gasteiger partial charge is 0.376 e. The summed E-state index contributed by atoms with van der Waals surface area (Å²) in [5, 5.41) is 3.33. The van der Waals surface area contributed by atoms with Gasteiger partial charge >= 0.3 is 5.97 Å². The van der Waals surface area contributed by atoms with Crippen LogP contribution in [0.3, 0.4) is 0 Å². The van der Waals surface area contributed by atoms with Crippen molar-refractivity contribution in [3.63, 3.8) is 0 Å². The maximum atomic E-state index is 13.0. The topological polar surface area (TPSA) is 87.0 Å². The van der Waals surface area contributed by atoms with E-state index in [-0.39, 0.29) is 23.6 Å². The zero-order chi connectivity index (χ0) is 19.4. The molecule has 1 amide bonds. The Hall–Kier alpha value is -3.48. The van der Waals surface area contributed by atoms with Gasteiger partial charge < -0.3 is 23.9 Å². The van der Waals surface area contributed by atoms with Crippen LogP contribution in [0.25, 0.3) is 11.0 Å². The summed E-state index contributed by atoms with van der Waals surface area (Å²) in [6.07, 6.45) is 0. The molecule has 0 radical (unpaired) electrons. The van der Waals surface area contributed by atoms with Crippen LogP contribution < -0.4 is 14.8 Å². The zero-order valence-electron chi connectivity index (χ0n) is 15.2. The molecule has 3 rings (SSSR count). The Morgan fingerprint density at radius 3 is 2.30 bits per heavy atom. The van der Waals surface area contributed by atoms with Gasteiger partial charge in [-0.15, -0.1) is 0 Å². The standard InChI is InChI=1S/C20H19NO6/c1-4-26-20(23)18-17(12-8-5-6-9-13(12)27-18)21-19(22)16-14(24-2)10-7-11-15(16)25-3/h5-11H,4H2,1-3H3,(H,21,22). The number of benzene rings is 2. The highest BCUT2D eigenvalue weighted by molar-refractivity contribution is 6.15. The molecule has 0 aliphatic heterocycles. The predicted octanol–water partition coefficient (Wildman–Crippen LogP) is 3.88. The summed E-state index contributed by atoms with van der Waals surface area (Å²) >= 11 is 0. The van der Waals surface area contributed by atoms with Crippen molar-refractivity contribution in [2.24, 2.45) is 0 Å². The summed E-state index contributed by atoms with van der Waals surface area (Å²) in [6.45, 7) is 1.88. The van der Waals surface area contributed by atoms with Crippen LogP contribution >= 0.6 is 0 Å². The van der Waals surface area contributed by atoms with Gasteiger partial charge in [0.25, 0.3) is 5.91 Å². The first-order valence-electron chi connectivity index (χ1n) is 8.31. The average Bonchev–Trinajstić information content (AvgIpc) is 3.06. The van der Waals surface area contributed by atoms with E-state index >= 15 is 0 Å². The zero-order valence-corrected chi connectivity index (χ0v) is 15.2. The number of carbonyl (C=O) groups excluding carboxylic acids is 2. The molecule has 0 saturated carbocycles. The van der Waals surface area contributed by atoms with Crippen LogP contribution in [0.4, 0.5) is 5.69 Å². The third-order valence-corrected chi connectivity index (χ3v) is 3.95. The van der Waals surface area contributed by atoms with Crippen molar-refractivity contribution in [1.82, 2.24) is 0 Å². The number of para-hydroxylation sites is 1. The second kappa shape index (κ2) is 7.82. The van der Waals surface area contributed by atoms with Gasteiger partial charge in [-0.2, -0.15) is 0 Å². The predicted molar refractivity (Wildman–Crippen MR) is 99.7 cm³/mol. The van der Waals surface area contributed by atoms with Crippen molar-refractivity contribution in [1.29, 1.82) is 0 Å². The molecular weight excluding hydrogens is 350 g/mol. The van der Waals surface area contributed by atoms with Gasteiger partial charge in [-0.05, 0) is 31.2 Å². The minimum atomic E-state index is -0.656. The van der Waals surface area contributed by atoms with Crippen molar-refractivity contribution < 1.29 is 28.2 Å². The molecule has 0 aliphatic carbocycles. The summed E-state index contributed by atoms with van der Waals surface area (Å²) < 4.78 is 21.2. The van der Waals surface area contributed by atoms with E-state index in [2.05, 4.69) is 5.32 Å². The van der Waals surface area contributed by atoms with Gasteiger partial charge in [0.05, 0.1) is 20.8 Å². The van der Waals surface area contributed by atoms with Gasteiger partial charge in [0, 0.05) is 5.39 Å². The number of ether oxygens (including phenoxy) is 3. The molecule has 1 heterocycles. The minimum absolute atomic E-state index is 0.0692. The molecule has 3 aromatic rings. The molecular formula is C20H19NO6. The Morgan fingerprint density at radius 1 is 1.00 bits per heavy atom. The monoisotopic (exact) mass is 369 g/mol. The van der Waals surface area contributed by atoms with Crippen LogP contribution in [0.2, 0.25) is 0 Å². The summed E-state index contributed by atoms with van der Waals surface area (Å²) in [6, 6.07) is 12.0. The molecule has 1 N–H and O–H groups in total. The van der Waals surface area contributed by atoms with Crippen LogP contribution in [0.5, 0.6) is 11.5 Å². The van der Waals surface area contributed by atoms with Crippen LogP contribution in [0, 0.1) is 0 Å². The fraction of sp³-hybridized carbons (Fsp3) is 0.200. The number of furan rings is 1. The molecule has 7 heteroatoms. The molecule has 140 valence electrons. The first kappa shape index (κ1) is 18.3. The fourth-order valence-corrected chi connectivity index (χ4v) is 2.76. The number of carbonyl (C=O) groups is 2. The second-order valence-corrected chi connectivity index (χ2v) is 5.51. The lowest BCUT2D eigenvalue weighted by Gasteiger charge is -2.13. The highest BCUT2D eigenvalue weighted by atomic mass is 16.5. The average molecular weight is 369 g/mol. The Labute approximate surface area is 155 Å². The molecule has 2 aromatic carbocycles. The number of anilines is 1. The number of methoxy groups -OCH3 is 2. The van der Waals surface area contributed by atoms with Crippen LogP contribution in [0.15, 0.2) is 46.9 Å². The molecule has 0 atom stereocenters. The van der Waals surface area contributed by atoms with Crippen LogP contribution in [-0.2, 0) is 4.74 Å². The van der Waals surface area contributed by atoms with Crippen molar-refractivity contribution in [3.05, 3.63) is 53.8 Å². The maximum absolute atomic E-state index is 13.0. The van der Waals surface area contributed by atoms with Gasteiger partial charge in [0.15, 0.2) is 0 Å². The fourth-order valence-electron chi connectivity index (χ4n) is 2.76. The van der Waals surface area contributed by atoms with E-state index in [9.17, 15) is 9.59 Å². The first-order valence-corrected chi connectivity index (χ1v) is 8.31. The third kappa shape index (κ3) is 3.44. The molecule has 0 saturated heterocycles. The molecule has 0 bridgehead atoms. The number of esters is 1. The molecule has 7 nitrogen and oxygen atoms in total. The first-order chi connectivity index (χ1) is 13.1. The molecule has 27 heavy (non-hydrogen) atoms. The number of hydrogen-bond donors (Lipinski definition) is 1. The van der Waals surface area contributed by atoms with Crippen LogP contribution in [-0.4, -0.2) is 32.7 Å². The van der Waals surface area contributed by atoms with E-state index in [0.717, 1.165) is 0 Å². The largest absolute Gasteiger partial charge is 0.496 e. The molecule has 0 aliphatic rings. The lowest BCUT2D eigenvalue weighted by molar-refractivity contribution is 0.0494. The molecule has 0 fully saturated rings. The molecule has 0 unspecified atom stereocenters. The van der Waals surface area contributed by atoms with Gasteiger partial charge in [0.2, 0.25) is 5.76 Å². The SMILES string of the molecule is CCOC(=O)c1oc2ccccc2c1NC(=O)c1c(OC)cccc1OC. The highest BCUT2D eigenvalue weighted by Crippen LogP contribution is 2.34. The van der Waals surface area contributed by atoms with Crippen molar-refractivity contribution in [2.75, 3.05) is 26.1 Å². The van der Waals surface area contributed by atoms with Crippen molar-refractivity contribution >= 4 is 28.5 Å². The highest BCUT2D eigenvalue weighted by Gasteiger charge is 2.26. The molecule has 0 spiro atoms. The van der Waals surface area contributed by atoms with Gasteiger partial charge in [0.1, 0.15) is 28.3 Å². The maximum Gasteiger partial charge on any atom is 0.376 e. The van der Waals surface area contributed by atoms with Crippen molar-refractivity contribution in [2.45, 2.75) is 6.92 Å². The quantitative estimate of drug-likeness (QED) is 0.664. The Kier molecular flexibility index (Phi) is 5.30. The minimum Gasteiger partial charge on any atom is -0.496 e. The Morgan fingerprint density at radius 2 is 1.67 bits per heavy atom. The van der Waals surface area contributed by atoms with Gasteiger partial charge in [-0.3, -0.25) is 4.79 Å². The van der Waals surface area contributed by atoms with E-state index in [1.807, 2.05) is 0 Å². The summed E-state index contributed by atoms with van der Waals surface area (Å²) in [4.78, 5) is 25.3. The number of rotatable bonds is 6. The molecule has 1 aromatic heterocycles. The number of hydrogen-bond acceptors (Lipinski definition) is 6. The summed E-state index contributed by atoms with van der Waals surface area (Å²) in [7, 11) is 2.92. The number of fused-ring (bicyclic) bond motifs is 1. The number of amides is 1. The Balaban J connectivity index is 2.08. The van der Waals surface area contributed by atoms with E-state index in [0.29, 0.717) is 22.5 Å². The lowest BCUT2D eigenvalue weighted by Crippen LogP contribution is -2.16. The van der Waals surface area contributed by atoms with Crippen molar-refractivity contribution in [3.8, 4) is 11.5 Å². The second-order valence-electron chi connectivity index (χ2n) is 5.51. The van der Waals surface area contributed by atoms with Crippen LogP contribution in [0.1, 0.15) is 27.8 Å². The number of nitrogens with one attached hydrogen (secondary N) is 1. The lowest BCUT2D eigenvalue weighted by atomic mass is 10.1. The van der Waals surface area contributed by atoms with E-state index in [1.165, 1.54) is 14.2 Å². The normalized spacial score (nSPS) is 10.5. The summed E-state index contributed by atoms with van der Waals surface area (Å²) in [5.74, 6) is -0.535. The summed E-state index contributed by atoms with van der Waals surface area (Å²) in [5.41, 5.74) is 0.910. The van der Waals surface area contributed by atoms with E-state index < -0.39 is 11.9 Å². The van der Waals surface area contributed by atoms with Gasteiger partial charge in [-0.1, -0.05) is 18.2 Å².